The Morgan fingerprint density at radius 3 is 3.00 bits per heavy atom. The summed E-state index contributed by atoms with van der Waals surface area (Å²) >= 11 is 0. The van der Waals surface area contributed by atoms with Crippen molar-refractivity contribution in [1.29, 1.82) is 0 Å². The third-order valence-corrected chi connectivity index (χ3v) is 3.13. The molecule has 0 saturated heterocycles. The van der Waals surface area contributed by atoms with Crippen LogP contribution in [-0.4, -0.2) is 20.5 Å². The van der Waals surface area contributed by atoms with Crippen molar-refractivity contribution < 1.29 is 4.79 Å². The summed E-state index contributed by atoms with van der Waals surface area (Å²) in [4.78, 5) is 15.3. The lowest BCUT2D eigenvalue weighted by atomic mass is 9.73. The molecule has 1 aliphatic rings. The standard InChI is InChI=1S/C10H15N3O/c1-10(2)4-3-8(14)5-9(10)13-7-11-6-12-13/h6-7,9H,3-5H2,1-2H3. The number of hydrogen-bond acceptors (Lipinski definition) is 3. The molecule has 0 bridgehead atoms. The van der Waals surface area contributed by atoms with Gasteiger partial charge in [0.15, 0.2) is 0 Å². The number of ketones is 1. The molecule has 76 valence electrons. The zero-order valence-corrected chi connectivity index (χ0v) is 8.60. The number of aromatic nitrogens is 3. The fourth-order valence-corrected chi connectivity index (χ4v) is 2.05. The fraction of sp³-hybridized carbons (Fsp3) is 0.700. The van der Waals surface area contributed by atoms with E-state index >= 15 is 0 Å². The molecule has 1 saturated carbocycles. The summed E-state index contributed by atoms with van der Waals surface area (Å²) < 4.78 is 1.82. The van der Waals surface area contributed by atoms with Crippen LogP contribution >= 0.6 is 0 Å². The largest absolute Gasteiger partial charge is 0.300 e. The van der Waals surface area contributed by atoms with E-state index in [1.54, 1.807) is 6.33 Å². The van der Waals surface area contributed by atoms with E-state index < -0.39 is 0 Å². The van der Waals surface area contributed by atoms with Crippen LogP contribution in [0.2, 0.25) is 0 Å². The van der Waals surface area contributed by atoms with Gasteiger partial charge in [-0.1, -0.05) is 13.8 Å². The second-order valence-corrected chi connectivity index (χ2v) is 4.62. The normalized spacial score (nSPS) is 26.4. The van der Waals surface area contributed by atoms with Crippen LogP contribution in [0, 0.1) is 5.41 Å². The molecule has 1 aromatic rings. The van der Waals surface area contributed by atoms with Crippen molar-refractivity contribution in [3.05, 3.63) is 12.7 Å². The molecule has 0 aromatic carbocycles. The van der Waals surface area contributed by atoms with Gasteiger partial charge >= 0.3 is 0 Å². The molecule has 1 aromatic heterocycles. The summed E-state index contributed by atoms with van der Waals surface area (Å²) in [6.45, 7) is 4.37. The molecule has 14 heavy (non-hydrogen) atoms. The van der Waals surface area contributed by atoms with Crippen LogP contribution in [0.5, 0.6) is 0 Å². The zero-order valence-electron chi connectivity index (χ0n) is 8.60. The minimum Gasteiger partial charge on any atom is -0.300 e. The van der Waals surface area contributed by atoms with Crippen LogP contribution in [-0.2, 0) is 4.79 Å². The topological polar surface area (TPSA) is 47.8 Å². The van der Waals surface area contributed by atoms with Crippen molar-refractivity contribution in [3.8, 4) is 0 Å². The van der Waals surface area contributed by atoms with Gasteiger partial charge in [-0.2, -0.15) is 5.10 Å². The van der Waals surface area contributed by atoms with Gasteiger partial charge < -0.3 is 0 Å². The van der Waals surface area contributed by atoms with E-state index in [0.717, 1.165) is 6.42 Å². The van der Waals surface area contributed by atoms with Gasteiger partial charge in [-0.15, -0.1) is 0 Å². The minimum atomic E-state index is 0.140. The summed E-state index contributed by atoms with van der Waals surface area (Å²) in [5, 5.41) is 4.12. The molecule has 1 fully saturated rings. The lowest BCUT2D eigenvalue weighted by Gasteiger charge is -2.37. The number of carbonyl (C=O) groups excluding carboxylic acids is 1. The monoisotopic (exact) mass is 193 g/mol. The van der Waals surface area contributed by atoms with Crippen LogP contribution in [0.25, 0.3) is 0 Å². The predicted octanol–water partition coefficient (Wildman–Crippen LogP) is 1.60. The van der Waals surface area contributed by atoms with E-state index in [4.69, 9.17) is 0 Å². The first-order chi connectivity index (χ1) is 6.59. The molecule has 2 rings (SSSR count). The highest BCUT2D eigenvalue weighted by Crippen LogP contribution is 2.41. The van der Waals surface area contributed by atoms with Gasteiger partial charge in [0.05, 0.1) is 6.04 Å². The van der Waals surface area contributed by atoms with Crippen molar-refractivity contribution in [1.82, 2.24) is 14.8 Å². The average molecular weight is 193 g/mol. The summed E-state index contributed by atoms with van der Waals surface area (Å²) in [5.41, 5.74) is 0.140. The number of hydrogen-bond donors (Lipinski definition) is 0. The third-order valence-electron chi connectivity index (χ3n) is 3.13. The van der Waals surface area contributed by atoms with Crippen molar-refractivity contribution >= 4 is 5.78 Å². The Morgan fingerprint density at radius 1 is 1.57 bits per heavy atom. The van der Waals surface area contributed by atoms with Crippen LogP contribution in [0.4, 0.5) is 0 Å². The molecule has 1 unspecified atom stereocenters. The predicted molar refractivity (Wildman–Crippen MR) is 51.7 cm³/mol. The van der Waals surface area contributed by atoms with E-state index in [0.29, 0.717) is 18.6 Å². The van der Waals surface area contributed by atoms with Crippen molar-refractivity contribution in [2.75, 3.05) is 0 Å². The number of carbonyl (C=O) groups is 1. The second-order valence-electron chi connectivity index (χ2n) is 4.62. The molecule has 1 aliphatic carbocycles. The van der Waals surface area contributed by atoms with Gasteiger partial charge in [-0.25, -0.2) is 9.67 Å². The molecule has 4 nitrogen and oxygen atoms in total. The van der Waals surface area contributed by atoms with E-state index in [-0.39, 0.29) is 11.5 Å². The number of Topliss-reactive ketones (excluding diaryl/α,β-unsaturated/α-hetero) is 1. The molecule has 1 heterocycles. The van der Waals surface area contributed by atoms with Gasteiger partial charge in [0, 0.05) is 12.8 Å². The third kappa shape index (κ3) is 1.56. The van der Waals surface area contributed by atoms with Gasteiger partial charge in [0.1, 0.15) is 18.4 Å². The Labute approximate surface area is 83.3 Å². The maximum atomic E-state index is 11.4. The number of nitrogens with zero attached hydrogens (tertiary/aromatic N) is 3. The van der Waals surface area contributed by atoms with Crippen molar-refractivity contribution in [3.63, 3.8) is 0 Å². The number of rotatable bonds is 1. The molecule has 0 N–H and O–H groups in total. The summed E-state index contributed by atoms with van der Waals surface area (Å²) in [6.07, 6.45) is 5.46. The maximum Gasteiger partial charge on any atom is 0.137 e. The quantitative estimate of drug-likeness (QED) is 0.680. The van der Waals surface area contributed by atoms with E-state index in [1.807, 2.05) is 4.68 Å². The van der Waals surface area contributed by atoms with Crippen molar-refractivity contribution in [2.24, 2.45) is 5.41 Å². The smallest absolute Gasteiger partial charge is 0.137 e. The summed E-state index contributed by atoms with van der Waals surface area (Å²) in [5.74, 6) is 0.338. The molecule has 0 amide bonds. The Kier molecular flexibility index (Phi) is 2.13. The van der Waals surface area contributed by atoms with Gasteiger partial charge in [0.2, 0.25) is 0 Å². The molecular formula is C10H15N3O. The van der Waals surface area contributed by atoms with Crippen molar-refractivity contribution in [2.45, 2.75) is 39.2 Å². The fourth-order valence-electron chi connectivity index (χ4n) is 2.05. The molecular weight excluding hydrogens is 178 g/mol. The Bertz CT molecular complexity index is 329. The Balaban J connectivity index is 2.27. The summed E-state index contributed by atoms with van der Waals surface area (Å²) in [6, 6.07) is 0.172. The highest BCUT2D eigenvalue weighted by Gasteiger charge is 2.37. The second kappa shape index (κ2) is 3.19. The van der Waals surface area contributed by atoms with Gasteiger partial charge in [-0.3, -0.25) is 4.79 Å². The van der Waals surface area contributed by atoms with Crippen LogP contribution in [0.3, 0.4) is 0 Å². The molecule has 4 heteroatoms. The molecule has 1 atom stereocenters. The first-order valence-corrected chi connectivity index (χ1v) is 4.95. The summed E-state index contributed by atoms with van der Waals surface area (Å²) in [7, 11) is 0. The lowest BCUT2D eigenvalue weighted by molar-refractivity contribution is -0.124. The highest BCUT2D eigenvalue weighted by molar-refractivity contribution is 5.79. The van der Waals surface area contributed by atoms with Crippen LogP contribution in [0.1, 0.15) is 39.2 Å². The average Bonchev–Trinajstić information content (AvgIpc) is 2.62. The van der Waals surface area contributed by atoms with Gasteiger partial charge in [-0.05, 0) is 11.8 Å². The first kappa shape index (κ1) is 9.37. The van der Waals surface area contributed by atoms with E-state index in [2.05, 4.69) is 23.9 Å². The zero-order chi connectivity index (χ0) is 10.2. The van der Waals surface area contributed by atoms with Crippen LogP contribution in [0.15, 0.2) is 12.7 Å². The Morgan fingerprint density at radius 2 is 2.36 bits per heavy atom. The SMILES string of the molecule is CC1(C)CCC(=O)CC1n1cncn1. The molecule has 0 spiro atoms. The minimum absolute atomic E-state index is 0.140. The van der Waals surface area contributed by atoms with E-state index in [9.17, 15) is 4.79 Å². The Hall–Kier alpha value is -1.19. The molecule has 0 radical (unpaired) electrons. The maximum absolute atomic E-state index is 11.4. The van der Waals surface area contributed by atoms with Crippen LogP contribution < -0.4 is 0 Å². The van der Waals surface area contributed by atoms with E-state index in [1.165, 1.54) is 6.33 Å². The molecule has 0 aliphatic heterocycles. The first-order valence-electron chi connectivity index (χ1n) is 4.95. The lowest BCUT2D eigenvalue weighted by Crippen LogP contribution is -2.34. The van der Waals surface area contributed by atoms with Gasteiger partial charge in [0.25, 0.3) is 0 Å². The highest BCUT2D eigenvalue weighted by atomic mass is 16.1.